The molecule has 0 radical (unpaired) electrons. The molecule has 4 nitrogen and oxygen atoms in total. The van der Waals surface area contributed by atoms with Crippen molar-refractivity contribution in [3.63, 3.8) is 0 Å². The molecule has 1 amide bonds. The Balaban J connectivity index is 1.87. The molecular weight excluding hydrogens is 300 g/mol. The van der Waals surface area contributed by atoms with Gasteiger partial charge in [0.05, 0.1) is 7.11 Å². The van der Waals surface area contributed by atoms with Crippen molar-refractivity contribution in [2.24, 2.45) is 5.92 Å². The molecule has 1 aromatic carbocycles. The number of carbonyl (C=O) groups excluding carboxylic acids is 1. The highest BCUT2D eigenvalue weighted by Gasteiger charge is 2.25. The second-order valence-electron chi connectivity index (χ2n) is 5.80. The number of carbonyl (C=O) groups is 1. The maximum absolute atomic E-state index is 12.0. The van der Waals surface area contributed by atoms with E-state index >= 15 is 0 Å². The molecular formula is C17H25ClN2O2. The van der Waals surface area contributed by atoms with E-state index in [-0.39, 0.29) is 11.8 Å². The Morgan fingerprint density at radius 3 is 2.77 bits per heavy atom. The minimum Gasteiger partial charge on any atom is -0.496 e. The first kappa shape index (κ1) is 17.1. The molecule has 1 N–H and O–H groups in total. The molecule has 1 saturated heterocycles. The first-order valence-corrected chi connectivity index (χ1v) is 8.34. The summed E-state index contributed by atoms with van der Waals surface area (Å²) in [5.41, 5.74) is 1.10. The van der Waals surface area contributed by atoms with Crippen LogP contribution in [0, 0.1) is 5.92 Å². The van der Waals surface area contributed by atoms with Crippen LogP contribution in [0.2, 0.25) is 5.02 Å². The normalized spacial score (nSPS) is 16.5. The van der Waals surface area contributed by atoms with Crippen LogP contribution in [0.1, 0.15) is 31.7 Å². The van der Waals surface area contributed by atoms with E-state index in [1.165, 1.54) is 0 Å². The van der Waals surface area contributed by atoms with Crippen LogP contribution in [0.4, 0.5) is 0 Å². The molecule has 122 valence electrons. The molecule has 1 aliphatic heterocycles. The van der Waals surface area contributed by atoms with Gasteiger partial charge in [-0.3, -0.25) is 9.69 Å². The van der Waals surface area contributed by atoms with E-state index in [9.17, 15) is 4.79 Å². The summed E-state index contributed by atoms with van der Waals surface area (Å²) in [6.45, 7) is 5.52. The van der Waals surface area contributed by atoms with Crippen molar-refractivity contribution in [2.75, 3.05) is 26.7 Å². The van der Waals surface area contributed by atoms with Crippen LogP contribution in [-0.4, -0.2) is 37.6 Å². The Hall–Kier alpha value is -1.26. The molecule has 0 aromatic heterocycles. The van der Waals surface area contributed by atoms with E-state index < -0.39 is 0 Å². The number of hydrogen-bond acceptors (Lipinski definition) is 3. The van der Waals surface area contributed by atoms with Crippen molar-refractivity contribution >= 4 is 17.5 Å². The van der Waals surface area contributed by atoms with Crippen LogP contribution < -0.4 is 10.1 Å². The maximum atomic E-state index is 12.0. The molecule has 1 aromatic rings. The Morgan fingerprint density at radius 2 is 2.14 bits per heavy atom. The van der Waals surface area contributed by atoms with E-state index in [0.717, 1.165) is 61.8 Å². The topological polar surface area (TPSA) is 41.6 Å². The van der Waals surface area contributed by atoms with Gasteiger partial charge in [-0.2, -0.15) is 0 Å². The fourth-order valence-corrected chi connectivity index (χ4v) is 3.05. The third-order valence-electron chi connectivity index (χ3n) is 4.14. The zero-order chi connectivity index (χ0) is 15.9. The Kier molecular flexibility index (Phi) is 6.52. The standard InChI is InChI=1S/C17H25ClN2O2/c1-3-8-19-17(21)13-6-9-20(10-7-13)12-14-11-15(18)4-5-16(14)22-2/h4-5,11,13H,3,6-10,12H2,1-2H3,(H,19,21). The molecule has 22 heavy (non-hydrogen) atoms. The van der Waals surface area contributed by atoms with E-state index in [1.807, 2.05) is 18.2 Å². The van der Waals surface area contributed by atoms with Crippen LogP contribution >= 0.6 is 11.6 Å². The smallest absolute Gasteiger partial charge is 0.223 e. The molecule has 5 heteroatoms. The molecule has 0 bridgehead atoms. The van der Waals surface area contributed by atoms with Crippen molar-refractivity contribution in [3.05, 3.63) is 28.8 Å². The van der Waals surface area contributed by atoms with Crippen molar-refractivity contribution in [2.45, 2.75) is 32.7 Å². The van der Waals surface area contributed by atoms with E-state index in [4.69, 9.17) is 16.3 Å². The van der Waals surface area contributed by atoms with E-state index in [2.05, 4.69) is 17.1 Å². The molecule has 0 spiro atoms. The van der Waals surface area contributed by atoms with Crippen LogP contribution in [0.3, 0.4) is 0 Å². The number of benzene rings is 1. The number of rotatable bonds is 6. The summed E-state index contributed by atoms with van der Waals surface area (Å²) in [7, 11) is 1.68. The van der Waals surface area contributed by atoms with Gasteiger partial charge in [-0.05, 0) is 50.6 Å². The van der Waals surface area contributed by atoms with Crippen molar-refractivity contribution in [1.29, 1.82) is 0 Å². The number of ether oxygens (including phenoxy) is 1. The summed E-state index contributed by atoms with van der Waals surface area (Å²) in [5.74, 6) is 1.23. The molecule has 1 fully saturated rings. The highest BCUT2D eigenvalue weighted by molar-refractivity contribution is 6.30. The van der Waals surface area contributed by atoms with Gasteiger partial charge in [0.15, 0.2) is 0 Å². The summed E-state index contributed by atoms with van der Waals surface area (Å²) in [6, 6.07) is 5.71. The van der Waals surface area contributed by atoms with Gasteiger partial charge in [-0.15, -0.1) is 0 Å². The lowest BCUT2D eigenvalue weighted by Crippen LogP contribution is -2.40. The molecule has 0 saturated carbocycles. The number of methoxy groups -OCH3 is 1. The van der Waals surface area contributed by atoms with Gasteiger partial charge in [0.25, 0.3) is 0 Å². The predicted molar refractivity (Wildman–Crippen MR) is 89.3 cm³/mol. The number of hydrogen-bond donors (Lipinski definition) is 1. The molecule has 1 aliphatic rings. The average Bonchev–Trinajstić information content (AvgIpc) is 2.53. The van der Waals surface area contributed by atoms with E-state index in [0.29, 0.717) is 0 Å². The number of amides is 1. The van der Waals surface area contributed by atoms with Gasteiger partial charge < -0.3 is 10.1 Å². The lowest BCUT2D eigenvalue weighted by Gasteiger charge is -2.31. The molecule has 0 atom stereocenters. The van der Waals surface area contributed by atoms with Crippen molar-refractivity contribution < 1.29 is 9.53 Å². The van der Waals surface area contributed by atoms with Crippen molar-refractivity contribution in [3.8, 4) is 5.75 Å². The summed E-state index contributed by atoms with van der Waals surface area (Å²) < 4.78 is 5.40. The van der Waals surface area contributed by atoms with Gasteiger partial charge in [-0.25, -0.2) is 0 Å². The van der Waals surface area contributed by atoms with Gasteiger partial charge in [0.2, 0.25) is 5.91 Å². The summed E-state index contributed by atoms with van der Waals surface area (Å²) in [6.07, 6.45) is 2.82. The van der Waals surface area contributed by atoms with Gasteiger partial charge in [-0.1, -0.05) is 18.5 Å². The lowest BCUT2D eigenvalue weighted by molar-refractivity contribution is -0.126. The predicted octanol–water partition coefficient (Wildman–Crippen LogP) is 3.09. The largest absolute Gasteiger partial charge is 0.496 e. The first-order chi connectivity index (χ1) is 10.6. The minimum atomic E-state index is 0.157. The average molecular weight is 325 g/mol. The van der Waals surface area contributed by atoms with Gasteiger partial charge in [0, 0.05) is 29.6 Å². The molecule has 0 unspecified atom stereocenters. The summed E-state index contributed by atoms with van der Waals surface area (Å²) >= 11 is 6.08. The number of likely N-dealkylation sites (tertiary alicyclic amines) is 1. The second kappa shape index (κ2) is 8.39. The molecule has 2 rings (SSSR count). The number of halogens is 1. The monoisotopic (exact) mass is 324 g/mol. The zero-order valence-electron chi connectivity index (χ0n) is 13.4. The number of piperidine rings is 1. The van der Waals surface area contributed by atoms with Gasteiger partial charge in [0.1, 0.15) is 5.75 Å². The number of nitrogens with one attached hydrogen (secondary N) is 1. The first-order valence-electron chi connectivity index (χ1n) is 7.96. The van der Waals surface area contributed by atoms with Crippen molar-refractivity contribution in [1.82, 2.24) is 10.2 Å². The summed E-state index contributed by atoms with van der Waals surface area (Å²) in [4.78, 5) is 14.4. The second-order valence-corrected chi connectivity index (χ2v) is 6.23. The SMILES string of the molecule is CCCNC(=O)C1CCN(Cc2cc(Cl)ccc2OC)CC1. The third-order valence-corrected chi connectivity index (χ3v) is 4.38. The lowest BCUT2D eigenvalue weighted by atomic mass is 9.95. The quantitative estimate of drug-likeness (QED) is 0.874. The van der Waals surface area contributed by atoms with E-state index in [1.54, 1.807) is 7.11 Å². The highest BCUT2D eigenvalue weighted by atomic mass is 35.5. The van der Waals surface area contributed by atoms with Crippen LogP contribution in [-0.2, 0) is 11.3 Å². The van der Waals surface area contributed by atoms with Crippen LogP contribution in [0.5, 0.6) is 5.75 Å². The Labute approximate surface area is 137 Å². The molecule has 1 heterocycles. The maximum Gasteiger partial charge on any atom is 0.223 e. The number of nitrogens with zero attached hydrogens (tertiary/aromatic N) is 1. The summed E-state index contributed by atoms with van der Waals surface area (Å²) in [5, 5.41) is 3.72. The zero-order valence-corrected chi connectivity index (χ0v) is 14.2. The molecule has 0 aliphatic carbocycles. The third kappa shape index (κ3) is 4.62. The van der Waals surface area contributed by atoms with Crippen LogP contribution in [0.15, 0.2) is 18.2 Å². The Bertz CT molecular complexity index is 499. The fraction of sp³-hybridized carbons (Fsp3) is 0.588. The van der Waals surface area contributed by atoms with Crippen LogP contribution in [0.25, 0.3) is 0 Å². The Morgan fingerprint density at radius 1 is 1.41 bits per heavy atom. The fourth-order valence-electron chi connectivity index (χ4n) is 2.86. The minimum absolute atomic E-state index is 0.157. The van der Waals surface area contributed by atoms with Gasteiger partial charge >= 0.3 is 0 Å². The highest BCUT2D eigenvalue weighted by Crippen LogP contribution is 2.26.